The predicted molar refractivity (Wildman–Crippen MR) is 149 cm³/mol. The lowest BCUT2D eigenvalue weighted by molar-refractivity contribution is 0.0548. The van der Waals surface area contributed by atoms with E-state index >= 15 is 4.39 Å². The normalized spacial score (nSPS) is 16.5. The van der Waals surface area contributed by atoms with Gasteiger partial charge in [0, 0.05) is 54.7 Å². The number of benzene rings is 2. The average Bonchev–Trinajstić information content (AvgIpc) is 3.18. The van der Waals surface area contributed by atoms with E-state index in [-0.39, 0.29) is 5.92 Å². The number of aromatic nitrogens is 2. The van der Waals surface area contributed by atoms with Gasteiger partial charge in [0.25, 0.3) is 0 Å². The van der Waals surface area contributed by atoms with Crippen LogP contribution in [0.3, 0.4) is 0 Å². The second-order valence-electron chi connectivity index (χ2n) is 11.0. The molecule has 7 nitrogen and oxygen atoms in total. The minimum absolute atomic E-state index is 0.00963. The van der Waals surface area contributed by atoms with Crippen molar-refractivity contribution in [1.29, 1.82) is 0 Å². The fourth-order valence-corrected chi connectivity index (χ4v) is 5.80. The van der Waals surface area contributed by atoms with Gasteiger partial charge in [-0.15, -0.1) is 0 Å². The zero-order valence-corrected chi connectivity index (χ0v) is 22.7. The molecule has 1 aliphatic heterocycles. The third-order valence-corrected chi connectivity index (χ3v) is 7.62. The molecular weight excluding hydrogens is 500 g/mol. The molecule has 0 aliphatic carbocycles. The number of fused-ring (bicyclic) bond motifs is 3. The molecule has 1 atom stereocenters. The second-order valence-corrected chi connectivity index (χ2v) is 11.0. The lowest BCUT2D eigenvalue weighted by Gasteiger charge is -2.33. The highest BCUT2D eigenvalue weighted by molar-refractivity contribution is 6.06. The first-order valence-electron chi connectivity index (χ1n) is 13.1. The summed E-state index contributed by atoms with van der Waals surface area (Å²) >= 11 is 0. The van der Waals surface area contributed by atoms with Gasteiger partial charge >= 0.3 is 0 Å². The summed E-state index contributed by atoms with van der Waals surface area (Å²) < 4.78 is 37.3. The van der Waals surface area contributed by atoms with Crippen LogP contribution in [0.5, 0.6) is 0 Å². The van der Waals surface area contributed by atoms with Gasteiger partial charge in [0.05, 0.1) is 33.9 Å². The Labute approximate surface area is 226 Å². The maximum absolute atomic E-state index is 15.5. The van der Waals surface area contributed by atoms with Gasteiger partial charge in [-0.3, -0.25) is 4.98 Å². The van der Waals surface area contributed by atoms with E-state index in [4.69, 9.17) is 21.3 Å². The molecule has 2 aromatic carbocycles. The monoisotopic (exact) mass is 535 g/mol. The number of ether oxygens (including phenoxy) is 1. The quantitative estimate of drug-likeness (QED) is 0.233. The van der Waals surface area contributed by atoms with Gasteiger partial charge in [0.2, 0.25) is 0 Å². The number of hydrogen-bond donors (Lipinski definition) is 3. The van der Waals surface area contributed by atoms with Crippen LogP contribution in [0.25, 0.3) is 27.6 Å². The molecule has 1 fully saturated rings. The molecule has 2 aromatic heterocycles. The molecule has 9 heteroatoms. The van der Waals surface area contributed by atoms with E-state index in [1.165, 1.54) is 17.1 Å². The van der Waals surface area contributed by atoms with E-state index in [1.54, 1.807) is 34.0 Å². The van der Waals surface area contributed by atoms with Crippen LogP contribution in [0, 0.1) is 17.6 Å². The van der Waals surface area contributed by atoms with Crippen LogP contribution >= 0.6 is 0 Å². The lowest BCUT2D eigenvalue weighted by atomic mass is 9.86. The Bertz CT molecular complexity index is 1560. The fourth-order valence-electron chi connectivity index (χ4n) is 5.80. The second kappa shape index (κ2) is 10.2. The number of pyridine rings is 1. The van der Waals surface area contributed by atoms with Crippen LogP contribution in [0.1, 0.15) is 56.3 Å². The SMILES string of the molecule is C/C(N)=C(\c1cnc2c3ccc(C(C)(C)O)cc3n(C(c3ccc(F)cc3F)C3CCOCC3)c2c1)N(C)N. The Morgan fingerprint density at radius 2 is 1.85 bits per heavy atom. The van der Waals surface area contributed by atoms with Crippen molar-refractivity contribution in [2.24, 2.45) is 17.5 Å². The van der Waals surface area contributed by atoms with E-state index in [0.29, 0.717) is 54.1 Å². The molecule has 1 unspecified atom stereocenters. The maximum Gasteiger partial charge on any atom is 0.131 e. The molecule has 0 amide bonds. The number of halogens is 2. The summed E-state index contributed by atoms with van der Waals surface area (Å²) in [5, 5.41) is 13.2. The molecular formula is C30H35F2N5O2. The van der Waals surface area contributed by atoms with Crippen molar-refractivity contribution < 1.29 is 18.6 Å². The van der Waals surface area contributed by atoms with Crippen molar-refractivity contribution in [1.82, 2.24) is 14.6 Å². The van der Waals surface area contributed by atoms with Gasteiger partial charge < -0.3 is 25.2 Å². The number of nitrogens with two attached hydrogens (primary N) is 2. The summed E-state index contributed by atoms with van der Waals surface area (Å²) in [6, 6.07) is 11.0. The summed E-state index contributed by atoms with van der Waals surface area (Å²) in [6.07, 6.45) is 3.14. The first kappa shape index (κ1) is 27.1. The molecule has 1 saturated heterocycles. The van der Waals surface area contributed by atoms with Gasteiger partial charge in [-0.1, -0.05) is 18.2 Å². The molecule has 0 saturated carbocycles. The van der Waals surface area contributed by atoms with Crippen LogP contribution in [0.4, 0.5) is 8.78 Å². The van der Waals surface area contributed by atoms with Gasteiger partial charge in [0.1, 0.15) is 11.6 Å². The molecule has 3 heterocycles. The Balaban J connectivity index is 1.90. The number of allylic oxidation sites excluding steroid dienone is 1. The van der Waals surface area contributed by atoms with Crippen LogP contribution in [0.15, 0.2) is 54.4 Å². The smallest absolute Gasteiger partial charge is 0.131 e. The van der Waals surface area contributed by atoms with E-state index in [9.17, 15) is 9.50 Å². The minimum atomic E-state index is -1.10. The molecule has 206 valence electrons. The highest BCUT2D eigenvalue weighted by Gasteiger charge is 2.33. The Morgan fingerprint density at radius 1 is 1.13 bits per heavy atom. The molecule has 39 heavy (non-hydrogen) atoms. The fraction of sp³-hybridized carbons (Fsp3) is 0.367. The van der Waals surface area contributed by atoms with E-state index in [2.05, 4.69) is 4.57 Å². The molecule has 4 aromatic rings. The Morgan fingerprint density at radius 3 is 2.46 bits per heavy atom. The van der Waals surface area contributed by atoms with Crippen LogP contribution in [-0.4, -0.2) is 39.9 Å². The molecule has 5 N–H and O–H groups in total. The number of nitrogens with zero attached hydrogens (tertiary/aromatic N) is 3. The van der Waals surface area contributed by atoms with Crippen molar-refractivity contribution >= 4 is 27.6 Å². The zero-order chi connectivity index (χ0) is 28.1. The first-order valence-corrected chi connectivity index (χ1v) is 13.1. The third kappa shape index (κ3) is 4.97. The van der Waals surface area contributed by atoms with Gasteiger partial charge in [0.15, 0.2) is 0 Å². The van der Waals surface area contributed by atoms with E-state index in [0.717, 1.165) is 28.0 Å². The average molecular weight is 536 g/mol. The zero-order valence-electron chi connectivity index (χ0n) is 22.7. The van der Waals surface area contributed by atoms with E-state index in [1.807, 2.05) is 24.3 Å². The van der Waals surface area contributed by atoms with Crippen molar-refractivity contribution in [2.75, 3.05) is 20.3 Å². The highest BCUT2D eigenvalue weighted by Crippen LogP contribution is 2.42. The molecule has 0 bridgehead atoms. The summed E-state index contributed by atoms with van der Waals surface area (Å²) in [4.78, 5) is 4.83. The van der Waals surface area contributed by atoms with Crippen molar-refractivity contribution in [3.63, 3.8) is 0 Å². The Hall–Kier alpha value is -3.53. The van der Waals surface area contributed by atoms with E-state index < -0.39 is 23.3 Å². The summed E-state index contributed by atoms with van der Waals surface area (Å²) in [5.41, 5.74) is 10.3. The van der Waals surface area contributed by atoms with Crippen LogP contribution in [-0.2, 0) is 10.3 Å². The van der Waals surface area contributed by atoms with Crippen molar-refractivity contribution in [3.05, 3.63) is 82.7 Å². The summed E-state index contributed by atoms with van der Waals surface area (Å²) in [5.74, 6) is 4.90. The topological polar surface area (TPSA) is 103 Å². The molecule has 5 rings (SSSR count). The number of hydrogen-bond acceptors (Lipinski definition) is 6. The van der Waals surface area contributed by atoms with Crippen molar-refractivity contribution in [3.8, 4) is 0 Å². The number of hydrazine groups is 1. The molecule has 0 radical (unpaired) electrons. The van der Waals surface area contributed by atoms with Gasteiger partial charge in [-0.05, 0) is 63.3 Å². The minimum Gasteiger partial charge on any atom is -0.401 e. The summed E-state index contributed by atoms with van der Waals surface area (Å²) in [7, 11) is 1.71. The molecule has 1 aliphatic rings. The van der Waals surface area contributed by atoms with Crippen LogP contribution in [0.2, 0.25) is 0 Å². The van der Waals surface area contributed by atoms with Crippen LogP contribution < -0.4 is 11.6 Å². The molecule has 0 spiro atoms. The number of aliphatic hydroxyl groups is 1. The van der Waals surface area contributed by atoms with Gasteiger partial charge in [-0.2, -0.15) is 0 Å². The highest BCUT2D eigenvalue weighted by atomic mass is 19.1. The first-order chi connectivity index (χ1) is 18.5. The van der Waals surface area contributed by atoms with Crippen molar-refractivity contribution in [2.45, 2.75) is 45.3 Å². The summed E-state index contributed by atoms with van der Waals surface area (Å²) in [6.45, 7) is 6.33. The third-order valence-electron chi connectivity index (χ3n) is 7.62. The maximum atomic E-state index is 15.5. The van der Waals surface area contributed by atoms with Gasteiger partial charge in [-0.25, -0.2) is 14.6 Å². The number of rotatable bonds is 6. The predicted octanol–water partition coefficient (Wildman–Crippen LogP) is 5.16. The standard InChI is InChI=1S/C30H35F2N5O2/c1-17(33)28(36(4)34)19-13-26-27(35-16-19)23-7-5-20(30(2,3)38)14-25(23)37(26)29(18-9-11-39-12-10-18)22-8-6-21(31)15-24(22)32/h5-8,13-16,18,29,38H,9-12,33-34H2,1-4H3/b28-17-. The Kier molecular flexibility index (Phi) is 7.09. The lowest BCUT2D eigenvalue weighted by Crippen LogP contribution is -2.28. The largest absolute Gasteiger partial charge is 0.401 e.